The molecule has 0 bridgehead atoms. The maximum Gasteiger partial charge on any atom is 0.280 e. The van der Waals surface area contributed by atoms with Gasteiger partial charge in [0.05, 0.1) is 17.0 Å². The normalized spacial score (nSPS) is 11.0. The summed E-state index contributed by atoms with van der Waals surface area (Å²) >= 11 is 1.35. The Labute approximate surface area is 190 Å². The van der Waals surface area contributed by atoms with Crippen molar-refractivity contribution in [2.45, 2.75) is 47.8 Å². The van der Waals surface area contributed by atoms with Gasteiger partial charge in [-0.05, 0) is 46.2 Å². The van der Waals surface area contributed by atoms with Gasteiger partial charge in [-0.15, -0.1) is 11.3 Å². The van der Waals surface area contributed by atoms with Crippen LogP contribution >= 0.6 is 11.3 Å². The summed E-state index contributed by atoms with van der Waals surface area (Å²) < 4.78 is 13.1. The Morgan fingerprint density at radius 2 is 2.06 bits per heavy atom. The minimum absolute atomic E-state index is 0.181. The minimum atomic E-state index is -0.386. The van der Waals surface area contributed by atoms with E-state index in [1.165, 1.54) is 11.3 Å². The highest BCUT2D eigenvalue weighted by atomic mass is 32.1. The number of hydrogen-bond acceptors (Lipinski definition) is 7. The molecule has 166 valence electrons. The van der Waals surface area contributed by atoms with Crippen molar-refractivity contribution in [1.29, 1.82) is 0 Å². The van der Waals surface area contributed by atoms with Crippen LogP contribution in [0.15, 0.2) is 34.3 Å². The van der Waals surface area contributed by atoms with E-state index in [4.69, 9.17) is 9.26 Å². The van der Waals surface area contributed by atoms with Crippen molar-refractivity contribution in [3.8, 4) is 17.0 Å². The number of nitrogens with zero attached hydrogens (tertiary/aromatic N) is 4. The zero-order valence-corrected chi connectivity index (χ0v) is 19.5. The van der Waals surface area contributed by atoms with Crippen LogP contribution in [0.4, 0.5) is 5.13 Å². The Hall–Kier alpha value is -3.46. The van der Waals surface area contributed by atoms with Gasteiger partial charge in [0, 0.05) is 23.7 Å². The largest absolute Gasteiger partial charge is 0.488 e. The third-order valence-corrected chi connectivity index (χ3v) is 5.93. The van der Waals surface area contributed by atoms with E-state index in [0.29, 0.717) is 16.5 Å². The van der Waals surface area contributed by atoms with E-state index < -0.39 is 0 Å². The maximum atomic E-state index is 12.9. The lowest BCUT2D eigenvalue weighted by atomic mass is 10.1. The summed E-state index contributed by atoms with van der Waals surface area (Å²) in [6.45, 7) is 10.7. The summed E-state index contributed by atoms with van der Waals surface area (Å²) in [5.41, 5.74) is 5.62. The molecule has 3 heterocycles. The topological polar surface area (TPSA) is 95.1 Å². The molecule has 3 aromatic heterocycles. The number of carbonyl (C=O) groups excluding carboxylic acids is 1. The fraction of sp³-hybridized carbons (Fsp3) is 0.304. The number of anilines is 1. The number of nitrogens with one attached hydrogen (secondary N) is 1. The van der Waals surface area contributed by atoms with Crippen LogP contribution in [0.2, 0.25) is 0 Å². The highest BCUT2D eigenvalue weighted by molar-refractivity contribution is 7.14. The minimum Gasteiger partial charge on any atom is -0.488 e. The number of amides is 1. The lowest BCUT2D eigenvalue weighted by Gasteiger charge is -2.10. The van der Waals surface area contributed by atoms with Gasteiger partial charge in [0.1, 0.15) is 18.1 Å². The first-order valence-electron chi connectivity index (χ1n) is 10.3. The monoisotopic (exact) mass is 451 g/mol. The maximum absolute atomic E-state index is 12.9. The fourth-order valence-electron chi connectivity index (χ4n) is 3.39. The number of hydrogen-bond donors (Lipinski definition) is 1. The molecule has 8 nitrogen and oxygen atoms in total. The summed E-state index contributed by atoms with van der Waals surface area (Å²) in [6, 6.07) is 5.96. The molecule has 9 heteroatoms. The molecule has 0 fully saturated rings. The number of rotatable bonds is 7. The Morgan fingerprint density at radius 3 is 2.78 bits per heavy atom. The highest BCUT2D eigenvalue weighted by Gasteiger charge is 2.22. The molecule has 0 radical (unpaired) electrons. The third-order valence-electron chi connectivity index (χ3n) is 5.17. The molecule has 32 heavy (non-hydrogen) atoms. The number of benzene rings is 1. The van der Waals surface area contributed by atoms with E-state index in [1.807, 2.05) is 56.1 Å². The molecule has 0 unspecified atom stereocenters. The van der Waals surface area contributed by atoms with E-state index in [-0.39, 0.29) is 18.2 Å². The summed E-state index contributed by atoms with van der Waals surface area (Å²) in [4.78, 5) is 17.4. The van der Waals surface area contributed by atoms with Gasteiger partial charge >= 0.3 is 0 Å². The molecule has 0 atom stereocenters. The van der Waals surface area contributed by atoms with Crippen LogP contribution in [0.1, 0.15) is 45.6 Å². The molecule has 0 saturated heterocycles. The average molecular weight is 452 g/mol. The molecular formula is C23H25N5O3S. The molecule has 4 rings (SSSR count). The second-order valence-corrected chi connectivity index (χ2v) is 8.46. The van der Waals surface area contributed by atoms with Gasteiger partial charge in [-0.1, -0.05) is 22.9 Å². The van der Waals surface area contributed by atoms with E-state index in [2.05, 4.69) is 26.6 Å². The van der Waals surface area contributed by atoms with Crippen molar-refractivity contribution >= 4 is 22.4 Å². The lowest BCUT2D eigenvalue weighted by molar-refractivity contribution is 0.101. The highest BCUT2D eigenvalue weighted by Crippen LogP contribution is 2.28. The van der Waals surface area contributed by atoms with Crippen molar-refractivity contribution < 1.29 is 14.1 Å². The standard InChI is InChI=1S/C23H25N5O3S/c1-6-28-10-17(15(4)26-28)19-12-32-23(24-19)25-22(29)21-18(16(5)31-27-21)11-30-20-8-7-13(2)9-14(20)3/h7-10,12H,6,11H2,1-5H3,(H,24,25,29). The molecule has 0 aliphatic carbocycles. The molecule has 1 amide bonds. The molecule has 0 saturated carbocycles. The Kier molecular flexibility index (Phi) is 6.09. The van der Waals surface area contributed by atoms with Gasteiger partial charge in [-0.25, -0.2) is 4.98 Å². The van der Waals surface area contributed by atoms with Crippen molar-refractivity contribution in [2.75, 3.05) is 5.32 Å². The SMILES string of the molecule is CCn1cc(-c2csc(NC(=O)c3noc(C)c3COc3ccc(C)cc3C)n2)c(C)n1. The Morgan fingerprint density at radius 1 is 1.25 bits per heavy atom. The van der Waals surface area contributed by atoms with Crippen LogP contribution < -0.4 is 10.1 Å². The number of thiazole rings is 1. The predicted octanol–water partition coefficient (Wildman–Crippen LogP) is 5.08. The van der Waals surface area contributed by atoms with Crippen LogP contribution in [0.25, 0.3) is 11.3 Å². The van der Waals surface area contributed by atoms with Crippen LogP contribution in [0, 0.1) is 27.7 Å². The van der Waals surface area contributed by atoms with Crippen molar-refractivity contribution in [2.24, 2.45) is 0 Å². The first-order chi connectivity index (χ1) is 15.4. The summed E-state index contributed by atoms with van der Waals surface area (Å²) in [5.74, 6) is 0.917. The first kappa shape index (κ1) is 21.8. The Balaban J connectivity index is 1.49. The van der Waals surface area contributed by atoms with E-state index in [9.17, 15) is 4.79 Å². The van der Waals surface area contributed by atoms with Gasteiger partial charge in [0.25, 0.3) is 5.91 Å². The van der Waals surface area contributed by atoms with Gasteiger partial charge in [-0.3, -0.25) is 14.8 Å². The van der Waals surface area contributed by atoms with Crippen LogP contribution in [-0.4, -0.2) is 25.8 Å². The first-order valence-corrected chi connectivity index (χ1v) is 11.2. The Bertz CT molecular complexity index is 1270. The van der Waals surface area contributed by atoms with Gasteiger partial charge in [0.15, 0.2) is 10.8 Å². The van der Waals surface area contributed by atoms with Gasteiger partial charge in [0.2, 0.25) is 0 Å². The quantitative estimate of drug-likeness (QED) is 0.421. The molecule has 0 aliphatic heterocycles. The molecule has 0 spiro atoms. The lowest BCUT2D eigenvalue weighted by Crippen LogP contribution is -2.15. The van der Waals surface area contributed by atoms with Gasteiger partial charge in [-0.2, -0.15) is 5.10 Å². The molecule has 1 aromatic carbocycles. The number of carbonyl (C=O) groups is 1. The average Bonchev–Trinajstić information content (AvgIpc) is 3.46. The number of ether oxygens (including phenoxy) is 1. The van der Waals surface area contributed by atoms with Crippen molar-refractivity contribution in [3.05, 3.63) is 63.6 Å². The zero-order chi connectivity index (χ0) is 22.8. The predicted molar refractivity (Wildman–Crippen MR) is 123 cm³/mol. The summed E-state index contributed by atoms with van der Waals surface area (Å²) in [6.07, 6.45) is 1.96. The molecule has 4 aromatic rings. The second kappa shape index (κ2) is 8.96. The van der Waals surface area contributed by atoms with E-state index in [0.717, 1.165) is 40.4 Å². The van der Waals surface area contributed by atoms with Crippen LogP contribution in [-0.2, 0) is 13.2 Å². The van der Waals surface area contributed by atoms with Crippen molar-refractivity contribution in [3.63, 3.8) is 0 Å². The molecule has 1 N–H and O–H groups in total. The second-order valence-electron chi connectivity index (χ2n) is 7.60. The molecule has 0 aliphatic rings. The smallest absolute Gasteiger partial charge is 0.280 e. The zero-order valence-electron chi connectivity index (χ0n) is 18.7. The van der Waals surface area contributed by atoms with Crippen molar-refractivity contribution in [1.82, 2.24) is 19.9 Å². The fourth-order valence-corrected chi connectivity index (χ4v) is 4.10. The third kappa shape index (κ3) is 4.43. The van der Waals surface area contributed by atoms with E-state index >= 15 is 0 Å². The van der Waals surface area contributed by atoms with Crippen LogP contribution in [0.3, 0.4) is 0 Å². The summed E-state index contributed by atoms with van der Waals surface area (Å²) in [7, 11) is 0. The number of aromatic nitrogens is 4. The van der Waals surface area contributed by atoms with E-state index in [1.54, 1.807) is 6.92 Å². The number of aryl methyl sites for hydroxylation is 5. The van der Waals surface area contributed by atoms with Gasteiger partial charge < -0.3 is 9.26 Å². The molecular weight excluding hydrogens is 426 g/mol. The van der Waals surface area contributed by atoms with Crippen LogP contribution in [0.5, 0.6) is 5.75 Å². The summed E-state index contributed by atoms with van der Waals surface area (Å²) in [5, 5.41) is 13.6.